The van der Waals surface area contributed by atoms with Gasteiger partial charge in [0.15, 0.2) is 11.6 Å². The first-order valence-corrected chi connectivity index (χ1v) is 9.38. The highest BCUT2D eigenvalue weighted by Gasteiger charge is 2.56. The summed E-state index contributed by atoms with van der Waals surface area (Å²) in [7, 11) is 0. The minimum absolute atomic E-state index is 0.00767. The first-order chi connectivity index (χ1) is 12.8. The number of carboxylic acid groups (broad SMARTS) is 1. The van der Waals surface area contributed by atoms with Gasteiger partial charge in [-0.1, -0.05) is 0 Å². The molecule has 2 saturated carbocycles. The van der Waals surface area contributed by atoms with Crippen LogP contribution in [0, 0.1) is 23.0 Å². The summed E-state index contributed by atoms with van der Waals surface area (Å²) in [4.78, 5) is 27.4. The van der Waals surface area contributed by atoms with Crippen LogP contribution in [-0.4, -0.2) is 48.6 Å². The van der Waals surface area contributed by atoms with Crippen LogP contribution in [-0.2, 0) is 4.79 Å². The van der Waals surface area contributed by atoms with Gasteiger partial charge in [0.05, 0.1) is 5.69 Å². The smallest absolute Gasteiger partial charge is 0.316 e. The molecule has 8 heteroatoms. The van der Waals surface area contributed by atoms with Crippen LogP contribution in [0.2, 0.25) is 0 Å². The molecule has 3 N–H and O–H groups in total. The number of halogens is 2. The van der Waals surface area contributed by atoms with Crippen LogP contribution in [0.4, 0.5) is 20.2 Å². The number of hydrogen-bond donors (Lipinski definition) is 2. The predicted molar refractivity (Wildman–Crippen MR) is 94.0 cm³/mol. The maximum absolute atomic E-state index is 15.5. The summed E-state index contributed by atoms with van der Waals surface area (Å²) in [5.74, 6) is -4.83. The standard InChI is InChI=1S/C19H21F2N3O3/c20-12-5-10-15(24(9-1-2-9)7-11(17(10)25)18(26)27)14(21)16(12)23-4-3-19(8-23)6-13(19)22/h5,9,11,13H,1-4,6-8,22H2,(H,26,27). The molecule has 6 nitrogen and oxygen atoms in total. The largest absolute Gasteiger partial charge is 0.481 e. The van der Waals surface area contributed by atoms with E-state index in [2.05, 4.69) is 0 Å². The number of benzene rings is 1. The highest BCUT2D eigenvalue weighted by atomic mass is 19.1. The number of aliphatic carboxylic acids is 1. The van der Waals surface area contributed by atoms with E-state index in [1.807, 2.05) is 0 Å². The second-order valence-electron chi connectivity index (χ2n) is 8.40. The lowest BCUT2D eigenvalue weighted by Gasteiger charge is -2.35. The maximum Gasteiger partial charge on any atom is 0.316 e. The molecule has 1 spiro atoms. The van der Waals surface area contributed by atoms with Crippen molar-refractivity contribution >= 4 is 23.1 Å². The SMILES string of the molecule is NC1CC12CCN(c1c(F)cc3c(c1F)N(C1CC1)CC(C(=O)O)C3=O)C2. The fraction of sp³-hybridized carbons (Fsp3) is 0.579. The molecule has 2 aliphatic heterocycles. The number of hydrogen-bond acceptors (Lipinski definition) is 5. The minimum Gasteiger partial charge on any atom is -0.481 e. The number of carbonyl (C=O) groups excluding carboxylic acids is 1. The zero-order chi connectivity index (χ0) is 19.1. The molecule has 1 aromatic rings. The third-order valence-corrected chi connectivity index (χ3v) is 6.66. The second-order valence-corrected chi connectivity index (χ2v) is 8.40. The Morgan fingerprint density at radius 3 is 2.56 bits per heavy atom. The number of carbonyl (C=O) groups is 2. The van der Waals surface area contributed by atoms with E-state index in [-0.39, 0.29) is 41.0 Å². The molecule has 5 rings (SSSR count). The summed E-state index contributed by atoms with van der Waals surface area (Å²) in [6.07, 6.45) is 3.29. The Balaban J connectivity index is 1.59. The number of anilines is 2. The summed E-state index contributed by atoms with van der Waals surface area (Å²) in [6, 6.07) is 1.11. The lowest BCUT2D eigenvalue weighted by atomic mass is 9.90. The van der Waals surface area contributed by atoms with Gasteiger partial charge in [-0.25, -0.2) is 8.78 Å². The Kier molecular flexibility index (Phi) is 3.39. The number of Topliss-reactive ketones (excluding diaryl/α,β-unsaturated/α-hetero) is 1. The molecule has 2 heterocycles. The van der Waals surface area contributed by atoms with E-state index in [0.29, 0.717) is 13.1 Å². The van der Waals surface area contributed by atoms with Gasteiger partial charge < -0.3 is 20.6 Å². The number of fused-ring (bicyclic) bond motifs is 1. The zero-order valence-corrected chi connectivity index (χ0v) is 14.8. The van der Waals surface area contributed by atoms with Crippen molar-refractivity contribution in [3.63, 3.8) is 0 Å². The highest BCUT2D eigenvalue weighted by molar-refractivity contribution is 6.13. The Morgan fingerprint density at radius 2 is 2.00 bits per heavy atom. The number of ketones is 1. The van der Waals surface area contributed by atoms with Crippen LogP contribution >= 0.6 is 0 Å². The molecule has 1 saturated heterocycles. The van der Waals surface area contributed by atoms with Crippen LogP contribution < -0.4 is 15.5 Å². The van der Waals surface area contributed by atoms with Gasteiger partial charge in [0.2, 0.25) is 0 Å². The molecule has 4 aliphatic rings. The molecule has 0 aromatic heterocycles. The molecule has 3 fully saturated rings. The predicted octanol–water partition coefficient (Wildman–Crippen LogP) is 1.76. The first kappa shape index (κ1) is 16.9. The van der Waals surface area contributed by atoms with Crippen molar-refractivity contribution in [2.24, 2.45) is 17.1 Å². The quantitative estimate of drug-likeness (QED) is 0.781. The Labute approximate surface area is 154 Å². The fourth-order valence-corrected chi connectivity index (χ4v) is 4.76. The fourth-order valence-electron chi connectivity index (χ4n) is 4.76. The van der Waals surface area contributed by atoms with Crippen LogP contribution in [0.15, 0.2) is 6.07 Å². The summed E-state index contributed by atoms with van der Waals surface area (Å²) < 4.78 is 30.4. The van der Waals surface area contributed by atoms with Crippen molar-refractivity contribution in [3.05, 3.63) is 23.3 Å². The van der Waals surface area contributed by atoms with E-state index in [1.54, 1.807) is 9.80 Å². The molecule has 3 unspecified atom stereocenters. The Bertz CT molecular complexity index is 872. The lowest BCUT2D eigenvalue weighted by Crippen LogP contribution is -2.45. The van der Waals surface area contributed by atoms with Gasteiger partial charge in [-0.3, -0.25) is 9.59 Å². The van der Waals surface area contributed by atoms with Crippen molar-refractivity contribution in [3.8, 4) is 0 Å². The Morgan fingerprint density at radius 1 is 1.30 bits per heavy atom. The highest BCUT2D eigenvalue weighted by Crippen LogP contribution is 2.53. The minimum atomic E-state index is -1.29. The van der Waals surface area contributed by atoms with Gasteiger partial charge in [0, 0.05) is 42.7 Å². The molecular weight excluding hydrogens is 356 g/mol. The van der Waals surface area contributed by atoms with Crippen LogP contribution in [0.3, 0.4) is 0 Å². The average molecular weight is 377 g/mol. The third-order valence-electron chi connectivity index (χ3n) is 6.66. The van der Waals surface area contributed by atoms with Gasteiger partial charge in [-0.2, -0.15) is 0 Å². The van der Waals surface area contributed by atoms with E-state index in [9.17, 15) is 19.1 Å². The van der Waals surface area contributed by atoms with Crippen LogP contribution in [0.25, 0.3) is 0 Å². The van der Waals surface area contributed by atoms with Crippen molar-refractivity contribution in [1.82, 2.24) is 0 Å². The molecule has 3 atom stereocenters. The number of rotatable bonds is 3. The van der Waals surface area contributed by atoms with Gasteiger partial charge >= 0.3 is 5.97 Å². The topological polar surface area (TPSA) is 86.9 Å². The third kappa shape index (κ3) is 2.38. The molecule has 2 aliphatic carbocycles. The van der Waals surface area contributed by atoms with Crippen molar-refractivity contribution < 1.29 is 23.5 Å². The first-order valence-electron chi connectivity index (χ1n) is 9.38. The summed E-state index contributed by atoms with van der Waals surface area (Å²) >= 11 is 0. The van der Waals surface area contributed by atoms with E-state index in [4.69, 9.17) is 5.73 Å². The molecule has 1 aromatic carbocycles. The van der Waals surface area contributed by atoms with E-state index in [1.165, 1.54) is 0 Å². The number of nitrogens with zero attached hydrogens (tertiary/aromatic N) is 2. The van der Waals surface area contributed by atoms with Crippen molar-refractivity contribution in [2.75, 3.05) is 29.4 Å². The van der Waals surface area contributed by atoms with Gasteiger partial charge in [0.1, 0.15) is 17.4 Å². The summed E-state index contributed by atoms with van der Waals surface area (Å²) in [6.45, 7) is 0.966. The molecule has 0 bridgehead atoms. The van der Waals surface area contributed by atoms with Gasteiger partial charge in [-0.05, 0) is 31.7 Å². The van der Waals surface area contributed by atoms with Gasteiger partial charge in [-0.15, -0.1) is 0 Å². The number of carboxylic acids is 1. The molecular formula is C19H21F2N3O3. The second kappa shape index (κ2) is 5.41. The molecule has 27 heavy (non-hydrogen) atoms. The monoisotopic (exact) mass is 377 g/mol. The van der Waals surface area contributed by atoms with E-state index >= 15 is 4.39 Å². The average Bonchev–Trinajstić information content (AvgIpc) is 3.49. The van der Waals surface area contributed by atoms with E-state index < -0.39 is 29.3 Å². The number of nitrogens with two attached hydrogens (primary N) is 1. The summed E-state index contributed by atoms with van der Waals surface area (Å²) in [5.41, 5.74) is 5.75. The molecule has 144 valence electrons. The van der Waals surface area contributed by atoms with E-state index in [0.717, 1.165) is 31.7 Å². The Hall–Kier alpha value is -2.22. The van der Waals surface area contributed by atoms with Gasteiger partial charge in [0.25, 0.3) is 0 Å². The van der Waals surface area contributed by atoms with Crippen molar-refractivity contribution in [1.29, 1.82) is 0 Å². The maximum atomic E-state index is 15.5. The molecule has 0 amide bonds. The van der Waals surface area contributed by atoms with Crippen LogP contribution in [0.1, 0.15) is 36.0 Å². The summed E-state index contributed by atoms with van der Waals surface area (Å²) in [5, 5.41) is 9.35. The lowest BCUT2D eigenvalue weighted by molar-refractivity contribution is -0.139. The van der Waals surface area contributed by atoms with Crippen LogP contribution in [0.5, 0.6) is 0 Å². The zero-order valence-electron chi connectivity index (χ0n) is 14.8. The normalized spacial score (nSPS) is 32.2. The van der Waals surface area contributed by atoms with Crippen molar-refractivity contribution in [2.45, 2.75) is 37.8 Å². The molecule has 0 radical (unpaired) electrons.